The maximum absolute atomic E-state index is 3.45. The van der Waals surface area contributed by atoms with Crippen molar-refractivity contribution in [2.75, 3.05) is 25.1 Å². The highest BCUT2D eigenvalue weighted by molar-refractivity contribution is 7.98. The van der Waals surface area contributed by atoms with Crippen molar-refractivity contribution in [1.82, 2.24) is 5.32 Å². The third-order valence-corrected chi connectivity index (χ3v) is 3.01. The van der Waals surface area contributed by atoms with E-state index in [0.717, 1.165) is 13.1 Å². The second kappa shape index (κ2) is 8.81. The van der Waals surface area contributed by atoms with Crippen molar-refractivity contribution in [3.63, 3.8) is 0 Å². The molecule has 0 unspecified atom stereocenters. The average Bonchev–Trinajstić information content (AvgIpc) is 2.29. The molecule has 15 heavy (non-hydrogen) atoms. The number of hydrogen-bond donors (Lipinski definition) is 1. The van der Waals surface area contributed by atoms with Gasteiger partial charge in [0, 0.05) is 12.3 Å². The van der Waals surface area contributed by atoms with E-state index in [-0.39, 0.29) is 0 Å². The van der Waals surface area contributed by atoms with Crippen LogP contribution in [0.1, 0.15) is 18.4 Å². The van der Waals surface area contributed by atoms with E-state index in [0.29, 0.717) is 0 Å². The van der Waals surface area contributed by atoms with E-state index in [1.165, 1.54) is 30.6 Å². The minimum Gasteiger partial charge on any atom is -0.316 e. The molecule has 0 radical (unpaired) electrons. The lowest BCUT2D eigenvalue weighted by molar-refractivity contribution is 0.643. The first-order valence-corrected chi connectivity index (χ1v) is 7.06. The summed E-state index contributed by atoms with van der Waals surface area (Å²) in [5.74, 6) is 1.22. The first-order valence-electron chi connectivity index (χ1n) is 5.67. The molecule has 2 heteroatoms. The van der Waals surface area contributed by atoms with Gasteiger partial charge in [0.05, 0.1) is 0 Å². The second-order valence-electron chi connectivity index (χ2n) is 3.69. The lowest BCUT2D eigenvalue weighted by Gasteiger charge is -2.03. The van der Waals surface area contributed by atoms with Crippen molar-refractivity contribution in [2.45, 2.75) is 19.3 Å². The molecule has 1 aromatic rings. The Balaban J connectivity index is 1.93. The molecule has 0 aromatic heterocycles. The summed E-state index contributed by atoms with van der Waals surface area (Å²) in [7, 11) is 0. The third kappa shape index (κ3) is 6.58. The number of rotatable bonds is 8. The van der Waals surface area contributed by atoms with E-state index < -0.39 is 0 Å². The Kier molecular flexibility index (Phi) is 7.40. The van der Waals surface area contributed by atoms with Gasteiger partial charge in [-0.2, -0.15) is 11.8 Å². The third-order valence-electron chi connectivity index (χ3n) is 2.39. The molecular formula is C13H21NS. The second-order valence-corrected chi connectivity index (χ2v) is 4.67. The maximum Gasteiger partial charge on any atom is 0.00553 e. The fourth-order valence-electron chi connectivity index (χ4n) is 1.52. The van der Waals surface area contributed by atoms with Gasteiger partial charge in [-0.25, -0.2) is 0 Å². The van der Waals surface area contributed by atoms with Crippen LogP contribution < -0.4 is 5.32 Å². The molecule has 0 aliphatic carbocycles. The highest BCUT2D eigenvalue weighted by Gasteiger charge is 1.92. The molecular weight excluding hydrogens is 202 g/mol. The van der Waals surface area contributed by atoms with Crippen LogP contribution in [0.5, 0.6) is 0 Å². The van der Waals surface area contributed by atoms with Crippen molar-refractivity contribution in [3.05, 3.63) is 35.9 Å². The Hall–Kier alpha value is -0.470. The van der Waals surface area contributed by atoms with Gasteiger partial charge in [0.15, 0.2) is 0 Å². The van der Waals surface area contributed by atoms with Crippen LogP contribution in [0.15, 0.2) is 30.3 Å². The van der Waals surface area contributed by atoms with Gasteiger partial charge in [0.25, 0.3) is 0 Å². The Bertz CT molecular complexity index is 236. The quantitative estimate of drug-likeness (QED) is 0.680. The van der Waals surface area contributed by atoms with Crippen LogP contribution in [0.25, 0.3) is 0 Å². The molecule has 0 atom stereocenters. The molecule has 84 valence electrons. The summed E-state index contributed by atoms with van der Waals surface area (Å²) in [5.41, 5.74) is 1.46. The Morgan fingerprint density at radius 2 is 1.87 bits per heavy atom. The number of nitrogens with one attached hydrogen (secondary N) is 1. The lowest BCUT2D eigenvalue weighted by Crippen LogP contribution is -2.18. The van der Waals surface area contributed by atoms with E-state index in [9.17, 15) is 0 Å². The van der Waals surface area contributed by atoms with E-state index in [1.807, 2.05) is 11.8 Å². The lowest BCUT2D eigenvalue weighted by atomic mass is 10.1. The molecule has 0 amide bonds. The number of thioether (sulfide) groups is 1. The van der Waals surface area contributed by atoms with E-state index in [2.05, 4.69) is 41.9 Å². The first kappa shape index (κ1) is 12.6. The predicted octanol–water partition coefficient (Wildman–Crippen LogP) is 2.96. The van der Waals surface area contributed by atoms with Crippen molar-refractivity contribution in [2.24, 2.45) is 0 Å². The van der Waals surface area contributed by atoms with Crippen LogP contribution in [0, 0.1) is 0 Å². The first-order chi connectivity index (χ1) is 7.43. The fourth-order valence-corrected chi connectivity index (χ4v) is 1.87. The van der Waals surface area contributed by atoms with Crippen LogP contribution in [0.2, 0.25) is 0 Å². The van der Waals surface area contributed by atoms with Gasteiger partial charge in [-0.1, -0.05) is 30.3 Å². The Morgan fingerprint density at radius 1 is 1.07 bits per heavy atom. The van der Waals surface area contributed by atoms with E-state index >= 15 is 0 Å². The van der Waals surface area contributed by atoms with Gasteiger partial charge >= 0.3 is 0 Å². The summed E-state index contributed by atoms with van der Waals surface area (Å²) in [5, 5.41) is 3.45. The molecule has 1 aromatic carbocycles. The van der Waals surface area contributed by atoms with Crippen LogP contribution >= 0.6 is 11.8 Å². The monoisotopic (exact) mass is 223 g/mol. The molecule has 0 heterocycles. The van der Waals surface area contributed by atoms with Gasteiger partial charge in [0.1, 0.15) is 0 Å². The summed E-state index contributed by atoms with van der Waals surface area (Å²) in [6.45, 7) is 2.31. The number of aryl methyl sites for hydroxylation is 1. The van der Waals surface area contributed by atoms with Crippen molar-refractivity contribution >= 4 is 11.8 Å². The van der Waals surface area contributed by atoms with Crippen molar-refractivity contribution in [1.29, 1.82) is 0 Å². The summed E-state index contributed by atoms with van der Waals surface area (Å²) < 4.78 is 0. The molecule has 0 saturated heterocycles. The highest BCUT2D eigenvalue weighted by Crippen LogP contribution is 2.03. The van der Waals surface area contributed by atoms with E-state index in [1.54, 1.807) is 0 Å². The van der Waals surface area contributed by atoms with Crippen LogP contribution in [-0.2, 0) is 6.42 Å². The zero-order valence-electron chi connectivity index (χ0n) is 9.54. The smallest absolute Gasteiger partial charge is 0.00553 e. The highest BCUT2D eigenvalue weighted by atomic mass is 32.2. The van der Waals surface area contributed by atoms with Crippen LogP contribution in [-0.4, -0.2) is 25.1 Å². The summed E-state index contributed by atoms with van der Waals surface area (Å²) >= 11 is 1.90. The molecule has 0 fully saturated rings. The fraction of sp³-hybridized carbons (Fsp3) is 0.538. The van der Waals surface area contributed by atoms with Gasteiger partial charge in [-0.3, -0.25) is 0 Å². The average molecular weight is 223 g/mol. The SMILES string of the molecule is CSCCNCCCCc1ccccc1. The largest absolute Gasteiger partial charge is 0.316 e. The summed E-state index contributed by atoms with van der Waals surface area (Å²) in [4.78, 5) is 0. The topological polar surface area (TPSA) is 12.0 Å². The minimum absolute atomic E-state index is 1.15. The number of benzene rings is 1. The molecule has 1 rings (SSSR count). The molecule has 0 saturated carbocycles. The zero-order chi connectivity index (χ0) is 10.8. The number of unbranched alkanes of at least 4 members (excludes halogenated alkanes) is 1. The maximum atomic E-state index is 3.45. The molecule has 1 nitrogen and oxygen atoms in total. The zero-order valence-corrected chi connectivity index (χ0v) is 10.4. The molecule has 0 aliphatic rings. The van der Waals surface area contributed by atoms with Crippen molar-refractivity contribution in [3.8, 4) is 0 Å². The molecule has 1 N–H and O–H groups in total. The van der Waals surface area contributed by atoms with Crippen LogP contribution in [0.4, 0.5) is 0 Å². The Morgan fingerprint density at radius 3 is 2.60 bits per heavy atom. The van der Waals surface area contributed by atoms with E-state index in [4.69, 9.17) is 0 Å². The summed E-state index contributed by atoms with van der Waals surface area (Å²) in [6.07, 6.45) is 5.93. The standard InChI is InChI=1S/C13H21NS/c1-15-12-11-14-10-6-5-9-13-7-3-2-4-8-13/h2-4,7-8,14H,5-6,9-12H2,1H3. The van der Waals surface area contributed by atoms with Crippen molar-refractivity contribution < 1.29 is 0 Å². The molecule has 0 aliphatic heterocycles. The molecule has 0 bridgehead atoms. The summed E-state index contributed by atoms with van der Waals surface area (Å²) in [6, 6.07) is 10.7. The molecule has 0 spiro atoms. The van der Waals surface area contributed by atoms with Gasteiger partial charge in [0.2, 0.25) is 0 Å². The Labute approximate surface area is 97.7 Å². The van der Waals surface area contributed by atoms with Gasteiger partial charge < -0.3 is 5.32 Å². The minimum atomic E-state index is 1.15. The normalized spacial score (nSPS) is 10.5. The predicted molar refractivity (Wildman–Crippen MR) is 70.6 cm³/mol. The number of hydrogen-bond acceptors (Lipinski definition) is 2. The van der Waals surface area contributed by atoms with Gasteiger partial charge in [-0.05, 0) is 37.6 Å². The van der Waals surface area contributed by atoms with Crippen LogP contribution in [0.3, 0.4) is 0 Å². The van der Waals surface area contributed by atoms with Gasteiger partial charge in [-0.15, -0.1) is 0 Å².